The Bertz CT molecular complexity index is 753. The monoisotopic (exact) mass is 277 g/mol. The Hall–Kier alpha value is -1.79. The lowest BCUT2D eigenvalue weighted by Gasteiger charge is -2.51. The first-order valence-electron chi connectivity index (χ1n) is 8.08. The molecule has 2 saturated heterocycles. The summed E-state index contributed by atoms with van der Waals surface area (Å²) in [6.45, 7) is 2.33. The van der Waals surface area contributed by atoms with Gasteiger partial charge in [0, 0.05) is 41.6 Å². The Labute approximate surface area is 124 Å². The number of aromatic nitrogens is 1. The van der Waals surface area contributed by atoms with E-state index in [4.69, 9.17) is 0 Å². The van der Waals surface area contributed by atoms with Crippen molar-refractivity contribution < 1.29 is 0 Å². The van der Waals surface area contributed by atoms with Crippen LogP contribution in [0.4, 0.5) is 0 Å². The van der Waals surface area contributed by atoms with Crippen molar-refractivity contribution in [1.82, 2.24) is 9.88 Å². The first-order chi connectivity index (χ1) is 10.3. The maximum atomic E-state index is 9.56. The van der Waals surface area contributed by atoms with Crippen molar-refractivity contribution in [2.45, 2.75) is 31.2 Å². The van der Waals surface area contributed by atoms with Crippen molar-refractivity contribution in [2.24, 2.45) is 11.8 Å². The molecular weight excluding hydrogens is 258 g/mol. The van der Waals surface area contributed by atoms with Crippen molar-refractivity contribution in [3.8, 4) is 6.07 Å². The van der Waals surface area contributed by atoms with Gasteiger partial charge in [-0.25, -0.2) is 0 Å². The molecule has 3 nitrogen and oxygen atoms in total. The van der Waals surface area contributed by atoms with Gasteiger partial charge < -0.3 is 4.98 Å². The maximum absolute atomic E-state index is 9.56. The van der Waals surface area contributed by atoms with E-state index < -0.39 is 0 Å². The first kappa shape index (κ1) is 11.8. The number of piperidine rings is 2. The smallest absolute Gasteiger partial charge is 0.0672 e. The van der Waals surface area contributed by atoms with Gasteiger partial charge in [-0.1, -0.05) is 18.2 Å². The molecule has 4 heterocycles. The average Bonchev–Trinajstić information content (AvgIpc) is 2.86. The van der Waals surface area contributed by atoms with Gasteiger partial charge in [-0.2, -0.15) is 5.26 Å². The largest absolute Gasteiger partial charge is 0.358 e. The standard InChI is InChI=1S/C18H19N3/c19-9-12-7-11-8-15-17-14(5-6-21(10-11)18(12)15)13-3-1-2-4-16(13)20-17/h1-4,11-12,15,18,20H,5-8,10H2/t11-,12-,15+,18+/m0/s1. The summed E-state index contributed by atoms with van der Waals surface area (Å²) in [6.07, 6.45) is 3.50. The van der Waals surface area contributed by atoms with Crippen LogP contribution in [0.25, 0.3) is 10.9 Å². The number of nitrogens with zero attached hydrogens (tertiary/aromatic N) is 2. The molecule has 1 unspecified atom stereocenters. The SMILES string of the molecule is N#C[C@@H]1C[C@H]2C[C@@H]3c4[nH]c5ccccc5c4CCN(C2)[C@H]13. The molecule has 21 heavy (non-hydrogen) atoms. The quantitative estimate of drug-likeness (QED) is 0.804. The van der Waals surface area contributed by atoms with E-state index in [0.29, 0.717) is 17.9 Å². The summed E-state index contributed by atoms with van der Waals surface area (Å²) in [5, 5.41) is 11.0. The fourth-order valence-electron chi connectivity index (χ4n) is 5.21. The molecule has 4 bridgehead atoms. The van der Waals surface area contributed by atoms with Crippen LogP contribution < -0.4 is 0 Å². The molecule has 1 aromatic carbocycles. The lowest BCUT2D eigenvalue weighted by molar-refractivity contribution is 0.00769. The van der Waals surface area contributed by atoms with Crippen LogP contribution in [0.5, 0.6) is 0 Å². The van der Waals surface area contributed by atoms with Crippen molar-refractivity contribution >= 4 is 10.9 Å². The molecule has 1 aliphatic carbocycles. The van der Waals surface area contributed by atoms with Gasteiger partial charge in [0.2, 0.25) is 0 Å². The molecule has 1 N–H and O–H groups in total. The van der Waals surface area contributed by atoms with Gasteiger partial charge in [0.15, 0.2) is 0 Å². The summed E-state index contributed by atoms with van der Waals surface area (Å²) in [5.74, 6) is 1.47. The van der Waals surface area contributed by atoms with Crippen LogP contribution in [-0.4, -0.2) is 29.0 Å². The van der Waals surface area contributed by atoms with Crippen LogP contribution >= 0.6 is 0 Å². The molecule has 106 valence electrons. The first-order valence-corrected chi connectivity index (χ1v) is 8.08. The molecule has 0 radical (unpaired) electrons. The third-order valence-corrected chi connectivity index (χ3v) is 5.95. The summed E-state index contributed by atoms with van der Waals surface area (Å²) in [5.41, 5.74) is 4.22. The van der Waals surface area contributed by atoms with Crippen LogP contribution in [0.15, 0.2) is 24.3 Å². The van der Waals surface area contributed by atoms with Crippen molar-refractivity contribution in [1.29, 1.82) is 5.26 Å². The van der Waals surface area contributed by atoms with Crippen LogP contribution in [0.2, 0.25) is 0 Å². The molecule has 3 fully saturated rings. The number of nitrogens with one attached hydrogen (secondary N) is 1. The van der Waals surface area contributed by atoms with Crippen molar-refractivity contribution in [3.63, 3.8) is 0 Å². The minimum atomic E-state index is 0.222. The van der Waals surface area contributed by atoms with Gasteiger partial charge >= 0.3 is 0 Å². The molecule has 3 heteroatoms. The Kier molecular flexibility index (Phi) is 2.32. The van der Waals surface area contributed by atoms with Crippen LogP contribution in [0, 0.1) is 23.2 Å². The molecule has 2 aromatic rings. The average molecular weight is 277 g/mol. The second-order valence-corrected chi connectivity index (χ2v) is 6.98. The second-order valence-electron chi connectivity index (χ2n) is 6.98. The van der Waals surface area contributed by atoms with Crippen LogP contribution in [0.1, 0.15) is 30.0 Å². The van der Waals surface area contributed by atoms with E-state index in [-0.39, 0.29) is 5.92 Å². The maximum Gasteiger partial charge on any atom is 0.0672 e. The number of benzene rings is 1. The third-order valence-electron chi connectivity index (χ3n) is 5.95. The normalized spacial score (nSPS) is 37.0. The zero-order valence-electron chi connectivity index (χ0n) is 12.0. The fourth-order valence-corrected chi connectivity index (χ4v) is 5.21. The van der Waals surface area contributed by atoms with Gasteiger partial charge in [0.1, 0.15) is 0 Å². The number of rotatable bonds is 0. The highest BCUT2D eigenvalue weighted by Gasteiger charge is 2.49. The zero-order valence-corrected chi connectivity index (χ0v) is 12.0. The molecule has 1 saturated carbocycles. The van der Waals surface area contributed by atoms with Crippen LogP contribution in [0.3, 0.4) is 0 Å². The van der Waals surface area contributed by atoms with Crippen LogP contribution in [-0.2, 0) is 6.42 Å². The van der Waals surface area contributed by atoms with E-state index in [1.54, 1.807) is 0 Å². The highest BCUT2D eigenvalue weighted by atomic mass is 15.2. The van der Waals surface area contributed by atoms with Gasteiger partial charge in [0.25, 0.3) is 0 Å². The van der Waals surface area contributed by atoms with Gasteiger partial charge in [-0.15, -0.1) is 0 Å². The van der Waals surface area contributed by atoms with Gasteiger partial charge in [0.05, 0.1) is 12.0 Å². The number of hydrogen-bond acceptors (Lipinski definition) is 2. The van der Waals surface area contributed by atoms with Crippen molar-refractivity contribution in [3.05, 3.63) is 35.5 Å². The molecule has 1 aromatic heterocycles. The Morgan fingerprint density at radius 1 is 1.24 bits per heavy atom. The molecule has 4 aliphatic rings. The zero-order chi connectivity index (χ0) is 14.0. The fraction of sp³-hybridized carbons (Fsp3) is 0.500. The summed E-state index contributed by atoms with van der Waals surface area (Å²) in [7, 11) is 0. The molecule has 5 atom stereocenters. The van der Waals surface area contributed by atoms with E-state index in [1.807, 2.05) is 0 Å². The van der Waals surface area contributed by atoms with E-state index in [2.05, 4.69) is 40.2 Å². The predicted octanol–water partition coefficient (Wildman–Crippen LogP) is 3.04. The third kappa shape index (κ3) is 1.51. The highest BCUT2D eigenvalue weighted by molar-refractivity contribution is 5.85. The number of nitriles is 1. The molecule has 0 spiro atoms. The molecular formula is C18H19N3. The van der Waals surface area contributed by atoms with E-state index in [0.717, 1.165) is 19.4 Å². The lowest BCUT2D eigenvalue weighted by atomic mass is 9.66. The number of fused-ring (bicyclic) bond motifs is 4. The Balaban J connectivity index is 1.71. The van der Waals surface area contributed by atoms with E-state index in [1.165, 1.54) is 35.1 Å². The minimum Gasteiger partial charge on any atom is -0.358 e. The summed E-state index contributed by atoms with van der Waals surface area (Å²) < 4.78 is 0. The van der Waals surface area contributed by atoms with Gasteiger partial charge in [-0.3, -0.25) is 4.90 Å². The number of hydrogen-bond donors (Lipinski definition) is 1. The minimum absolute atomic E-state index is 0.222. The Morgan fingerprint density at radius 2 is 2.14 bits per heavy atom. The number of H-pyrrole nitrogens is 1. The van der Waals surface area contributed by atoms with E-state index in [9.17, 15) is 5.26 Å². The molecule has 3 aliphatic heterocycles. The summed E-state index contributed by atoms with van der Waals surface area (Å²) in [6, 6.07) is 11.7. The summed E-state index contributed by atoms with van der Waals surface area (Å²) >= 11 is 0. The van der Waals surface area contributed by atoms with Gasteiger partial charge in [-0.05, 0) is 36.8 Å². The number of para-hydroxylation sites is 1. The summed E-state index contributed by atoms with van der Waals surface area (Å²) in [4.78, 5) is 6.31. The molecule has 0 amide bonds. The topological polar surface area (TPSA) is 42.8 Å². The molecule has 6 rings (SSSR count). The number of aromatic amines is 1. The predicted molar refractivity (Wildman–Crippen MR) is 81.9 cm³/mol. The Morgan fingerprint density at radius 3 is 3.05 bits per heavy atom. The van der Waals surface area contributed by atoms with E-state index >= 15 is 0 Å². The highest BCUT2D eigenvalue weighted by Crippen LogP contribution is 2.49. The second kappa shape index (κ2) is 4.11. The van der Waals surface area contributed by atoms with Crippen molar-refractivity contribution in [2.75, 3.05) is 13.1 Å². The lowest BCUT2D eigenvalue weighted by Crippen LogP contribution is -2.55.